The molecule has 1 aromatic carbocycles. The standard InChI is InChI=1S/C16H18ClN3O2S3/c1-9(2)8-23-15-19-20-16(25-15)24-10(3)14(21)18-11-5-6-13(22-4)12(17)7-11/h5-7,10H,1,8H2,2-4H3,(H,18,21)/t10-/m0/s1. The minimum absolute atomic E-state index is 0.127. The Balaban J connectivity index is 1.91. The minimum Gasteiger partial charge on any atom is -0.495 e. The number of hydrogen-bond donors (Lipinski definition) is 1. The Morgan fingerprint density at radius 2 is 2.16 bits per heavy atom. The second kappa shape index (κ2) is 9.47. The maximum atomic E-state index is 12.3. The molecule has 1 N–H and O–H groups in total. The molecule has 0 aliphatic carbocycles. The molecule has 0 aliphatic rings. The fourth-order valence-corrected chi connectivity index (χ4v) is 4.95. The van der Waals surface area contributed by atoms with Gasteiger partial charge < -0.3 is 10.1 Å². The zero-order chi connectivity index (χ0) is 18.4. The van der Waals surface area contributed by atoms with E-state index in [0.29, 0.717) is 16.5 Å². The normalized spacial score (nSPS) is 11.8. The number of benzene rings is 1. The van der Waals surface area contributed by atoms with Gasteiger partial charge in [0.1, 0.15) is 5.75 Å². The smallest absolute Gasteiger partial charge is 0.237 e. The second-order valence-corrected chi connectivity index (χ2v) is 9.37. The van der Waals surface area contributed by atoms with Gasteiger partial charge in [0.25, 0.3) is 0 Å². The van der Waals surface area contributed by atoms with Crippen molar-refractivity contribution in [3.63, 3.8) is 0 Å². The zero-order valence-corrected chi connectivity index (χ0v) is 17.2. The van der Waals surface area contributed by atoms with Crippen LogP contribution in [0.4, 0.5) is 5.69 Å². The van der Waals surface area contributed by atoms with Gasteiger partial charge in [0.2, 0.25) is 5.91 Å². The van der Waals surface area contributed by atoms with Crippen LogP contribution in [0, 0.1) is 0 Å². The molecule has 0 aliphatic heterocycles. The van der Waals surface area contributed by atoms with Crippen LogP contribution in [0.25, 0.3) is 0 Å². The number of rotatable bonds is 8. The summed E-state index contributed by atoms with van der Waals surface area (Å²) in [5, 5.41) is 11.2. The molecule has 0 saturated carbocycles. The number of amides is 1. The van der Waals surface area contributed by atoms with Crippen LogP contribution in [-0.4, -0.2) is 34.2 Å². The predicted molar refractivity (Wildman–Crippen MR) is 107 cm³/mol. The number of ether oxygens (including phenoxy) is 1. The van der Waals surface area contributed by atoms with Gasteiger partial charge in [-0.05, 0) is 32.0 Å². The maximum Gasteiger partial charge on any atom is 0.237 e. The topological polar surface area (TPSA) is 64.1 Å². The van der Waals surface area contributed by atoms with E-state index in [4.69, 9.17) is 16.3 Å². The van der Waals surface area contributed by atoms with Crippen LogP contribution in [0.2, 0.25) is 5.02 Å². The molecule has 25 heavy (non-hydrogen) atoms. The van der Waals surface area contributed by atoms with Crippen molar-refractivity contribution < 1.29 is 9.53 Å². The van der Waals surface area contributed by atoms with E-state index in [-0.39, 0.29) is 11.2 Å². The van der Waals surface area contributed by atoms with Gasteiger partial charge in [-0.15, -0.1) is 10.2 Å². The van der Waals surface area contributed by atoms with Crippen molar-refractivity contribution in [3.8, 4) is 5.75 Å². The van der Waals surface area contributed by atoms with Gasteiger partial charge in [0.05, 0.1) is 17.4 Å². The molecule has 1 atom stereocenters. The number of aromatic nitrogens is 2. The van der Waals surface area contributed by atoms with Gasteiger partial charge >= 0.3 is 0 Å². The second-order valence-electron chi connectivity index (χ2n) is 5.18. The molecule has 5 nitrogen and oxygen atoms in total. The van der Waals surface area contributed by atoms with Gasteiger partial charge in [-0.25, -0.2) is 0 Å². The van der Waals surface area contributed by atoms with E-state index in [9.17, 15) is 4.79 Å². The predicted octanol–water partition coefficient (Wildman–Crippen LogP) is 4.99. The lowest BCUT2D eigenvalue weighted by molar-refractivity contribution is -0.115. The number of nitrogens with one attached hydrogen (secondary N) is 1. The molecule has 0 bridgehead atoms. The van der Waals surface area contributed by atoms with Gasteiger partial charge in [-0.2, -0.15) is 0 Å². The van der Waals surface area contributed by atoms with Crippen molar-refractivity contribution in [2.75, 3.05) is 18.2 Å². The molecule has 0 fully saturated rings. The molecule has 0 radical (unpaired) electrons. The van der Waals surface area contributed by atoms with Crippen LogP contribution in [-0.2, 0) is 4.79 Å². The highest BCUT2D eigenvalue weighted by atomic mass is 35.5. The summed E-state index contributed by atoms with van der Waals surface area (Å²) in [4.78, 5) is 12.3. The highest BCUT2D eigenvalue weighted by molar-refractivity contribution is 8.04. The molecule has 9 heteroatoms. The number of halogens is 1. The molecule has 134 valence electrons. The van der Waals surface area contributed by atoms with Crippen LogP contribution >= 0.6 is 46.5 Å². The monoisotopic (exact) mass is 415 g/mol. The number of thioether (sulfide) groups is 2. The van der Waals surface area contributed by atoms with Crippen LogP contribution in [0.15, 0.2) is 39.0 Å². The number of anilines is 1. The summed E-state index contributed by atoms with van der Waals surface area (Å²) in [5.74, 6) is 1.25. The van der Waals surface area contributed by atoms with Gasteiger partial charge in [0.15, 0.2) is 8.68 Å². The number of carbonyl (C=O) groups excluding carboxylic acids is 1. The third kappa shape index (κ3) is 6.22. The molecule has 0 saturated heterocycles. The van der Waals surface area contributed by atoms with Crippen molar-refractivity contribution in [2.24, 2.45) is 0 Å². The van der Waals surface area contributed by atoms with Crippen LogP contribution in [0.1, 0.15) is 13.8 Å². The molecule has 1 aromatic heterocycles. The molecule has 1 amide bonds. The summed E-state index contributed by atoms with van der Waals surface area (Å²) in [6.07, 6.45) is 0. The van der Waals surface area contributed by atoms with Crippen molar-refractivity contribution in [2.45, 2.75) is 27.8 Å². The first-order valence-electron chi connectivity index (χ1n) is 7.30. The summed E-state index contributed by atoms with van der Waals surface area (Å²) >= 11 is 10.5. The summed E-state index contributed by atoms with van der Waals surface area (Å²) in [7, 11) is 1.54. The fraction of sp³-hybridized carbons (Fsp3) is 0.312. The van der Waals surface area contributed by atoms with Crippen molar-refractivity contribution in [3.05, 3.63) is 35.4 Å². The Morgan fingerprint density at radius 1 is 1.44 bits per heavy atom. The average molecular weight is 416 g/mol. The summed E-state index contributed by atoms with van der Waals surface area (Å²) in [5.41, 5.74) is 1.71. The van der Waals surface area contributed by atoms with E-state index >= 15 is 0 Å². The van der Waals surface area contributed by atoms with E-state index in [1.807, 2.05) is 13.8 Å². The number of methoxy groups -OCH3 is 1. The summed E-state index contributed by atoms with van der Waals surface area (Å²) in [6.45, 7) is 7.67. The number of hydrogen-bond acceptors (Lipinski definition) is 7. The lowest BCUT2D eigenvalue weighted by Gasteiger charge is -2.11. The van der Waals surface area contributed by atoms with E-state index in [2.05, 4.69) is 22.1 Å². The van der Waals surface area contributed by atoms with E-state index in [0.717, 1.165) is 20.0 Å². The first-order valence-corrected chi connectivity index (χ1v) is 10.4. The molecule has 2 aromatic rings. The SMILES string of the molecule is C=C(C)CSc1nnc(S[C@@H](C)C(=O)Nc2ccc(OC)c(Cl)c2)s1. The lowest BCUT2D eigenvalue weighted by Crippen LogP contribution is -2.22. The Kier molecular flexibility index (Phi) is 7.61. The van der Waals surface area contributed by atoms with E-state index in [1.165, 1.54) is 23.1 Å². The van der Waals surface area contributed by atoms with Crippen molar-refractivity contribution >= 4 is 58.1 Å². The Labute approximate surface area is 164 Å². The van der Waals surface area contributed by atoms with E-state index in [1.54, 1.807) is 37.1 Å². The quantitative estimate of drug-likeness (QED) is 0.484. The van der Waals surface area contributed by atoms with Crippen LogP contribution in [0.3, 0.4) is 0 Å². The highest BCUT2D eigenvalue weighted by Crippen LogP contribution is 2.32. The molecule has 0 spiro atoms. The Morgan fingerprint density at radius 3 is 2.80 bits per heavy atom. The zero-order valence-electron chi connectivity index (χ0n) is 14.0. The Bertz CT molecular complexity index is 767. The van der Waals surface area contributed by atoms with Crippen molar-refractivity contribution in [1.29, 1.82) is 0 Å². The average Bonchev–Trinajstić information content (AvgIpc) is 3.00. The first-order chi connectivity index (χ1) is 11.9. The first kappa shape index (κ1) is 20.1. The van der Waals surface area contributed by atoms with Gasteiger partial charge in [-0.3, -0.25) is 4.79 Å². The maximum absolute atomic E-state index is 12.3. The molecule has 2 rings (SSSR count). The van der Waals surface area contributed by atoms with Gasteiger partial charge in [0, 0.05) is 11.4 Å². The summed E-state index contributed by atoms with van der Waals surface area (Å²) in [6, 6.07) is 5.12. The highest BCUT2D eigenvalue weighted by Gasteiger charge is 2.18. The van der Waals surface area contributed by atoms with Crippen LogP contribution in [0.5, 0.6) is 5.75 Å². The van der Waals surface area contributed by atoms with Crippen molar-refractivity contribution in [1.82, 2.24) is 10.2 Å². The third-order valence-electron chi connectivity index (χ3n) is 2.90. The summed E-state index contributed by atoms with van der Waals surface area (Å²) < 4.78 is 6.74. The third-order valence-corrected chi connectivity index (χ3v) is 6.66. The Hall–Kier alpha value is -1.22. The number of nitrogens with zero attached hydrogens (tertiary/aromatic N) is 2. The van der Waals surface area contributed by atoms with E-state index < -0.39 is 0 Å². The number of carbonyl (C=O) groups is 1. The molecule has 0 unspecified atom stereocenters. The molecular formula is C16H18ClN3O2S3. The fourth-order valence-electron chi connectivity index (χ4n) is 1.68. The minimum atomic E-state index is -0.312. The molecular weight excluding hydrogens is 398 g/mol. The molecule has 1 heterocycles. The van der Waals surface area contributed by atoms with Gasteiger partial charge in [-0.1, -0.05) is 58.6 Å². The lowest BCUT2D eigenvalue weighted by atomic mass is 10.3. The van der Waals surface area contributed by atoms with Crippen LogP contribution < -0.4 is 10.1 Å². The largest absolute Gasteiger partial charge is 0.495 e.